The summed E-state index contributed by atoms with van der Waals surface area (Å²) in [4.78, 5) is 7.81. The van der Waals surface area contributed by atoms with E-state index in [-0.39, 0.29) is 23.3 Å². The highest BCUT2D eigenvalue weighted by atomic mass is 32.2. The molecule has 0 aliphatic rings. The molecule has 0 fully saturated rings. The van der Waals surface area contributed by atoms with Crippen molar-refractivity contribution in [3.05, 3.63) is 36.5 Å². The van der Waals surface area contributed by atoms with Gasteiger partial charge in [-0.25, -0.2) is 4.98 Å². The lowest BCUT2D eigenvalue weighted by Gasteiger charge is -2.11. The number of benzene rings is 1. The number of ether oxygens (including phenoxy) is 2. The predicted molar refractivity (Wildman–Crippen MR) is 78.3 cm³/mol. The van der Waals surface area contributed by atoms with Crippen LogP contribution in [0.1, 0.15) is 6.92 Å². The fourth-order valence-corrected chi connectivity index (χ4v) is 2.07. The molecular weight excluding hydrogens is 351 g/mol. The van der Waals surface area contributed by atoms with Crippen molar-refractivity contribution in [3.8, 4) is 17.6 Å². The molecule has 0 unspecified atom stereocenters. The first kappa shape index (κ1) is 17.8. The fourth-order valence-electron chi connectivity index (χ4n) is 1.51. The van der Waals surface area contributed by atoms with Crippen LogP contribution in [0.3, 0.4) is 0 Å². The van der Waals surface area contributed by atoms with Crippen LogP contribution in [0.5, 0.6) is 17.6 Å². The third-order valence-electron chi connectivity index (χ3n) is 2.52. The van der Waals surface area contributed by atoms with Gasteiger partial charge in [0.2, 0.25) is 5.88 Å². The van der Waals surface area contributed by atoms with E-state index in [1.807, 2.05) is 0 Å². The Hall–Kier alpha value is -2.56. The molecule has 0 aliphatic heterocycles. The zero-order valence-electron chi connectivity index (χ0n) is 12.2. The number of sulfonamides is 1. The standard InChI is InChI=1S/C13H12F3N3O4S/c1-2-22-12-17-8-7-11(18-12)23-10-5-3-9(4-6-10)19-24(20,21)13(14,15)16/h3-8,19H,2H2,1H3. The first-order chi connectivity index (χ1) is 11.2. The van der Waals surface area contributed by atoms with Crippen LogP contribution in [-0.2, 0) is 10.0 Å². The molecule has 1 N–H and O–H groups in total. The molecule has 2 rings (SSSR count). The number of rotatable bonds is 6. The molecule has 0 spiro atoms. The first-order valence-corrected chi connectivity index (χ1v) is 8.02. The highest BCUT2D eigenvalue weighted by Gasteiger charge is 2.45. The first-order valence-electron chi connectivity index (χ1n) is 6.54. The number of nitrogens with zero attached hydrogens (tertiary/aromatic N) is 2. The Labute approximate surface area is 135 Å². The summed E-state index contributed by atoms with van der Waals surface area (Å²) in [5, 5.41) is 0. The van der Waals surface area contributed by atoms with E-state index in [9.17, 15) is 21.6 Å². The summed E-state index contributed by atoms with van der Waals surface area (Å²) in [6.45, 7) is 2.13. The lowest BCUT2D eigenvalue weighted by molar-refractivity contribution is -0.0429. The van der Waals surface area contributed by atoms with Crippen molar-refractivity contribution in [2.45, 2.75) is 12.4 Å². The van der Waals surface area contributed by atoms with E-state index in [1.165, 1.54) is 29.1 Å². The van der Waals surface area contributed by atoms with Crippen molar-refractivity contribution >= 4 is 15.7 Å². The highest BCUT2D eigenvalue weighted by Crippen LogP contribution is 2.27. The summed E-state index contributed by atoms with van der Waals surface area (Å²) in [7, 11) is -5.46. The Bertz CT molecular complexity index is 795. The molecule has 0 radical (unpaired) electrons. The Balaban J connectivity index is 2.09. The van der Waals surface area contributed by atoms with Crippen LogP contribution in [0.15, 0.2) is 36.5 Å². The van der Waals surface area contributed by atoms with E-state index in [1.54, 1.807) is 6.92 Å². The molecule has 0 saturated carbocycles. The quantitative estimate of drug-likeness (QED) is 0.849. The number of aromatic nitrogens is 2. The number of anilines is 1. The van der Waals surface area contributed by atoms with Crippen LogP contribution in [0.4, 0.5) is 18.9 Å². The Kier molecular flexibility index (Phi) is 5.12. The van der Waals surface area contributed by atoms with Gasteiger partial charge in [0.25, 0.3) is 0 Å². The van der Waals surface area contributed by atoms with Crippen LogP contribution in [0.25, 0.3) is 0 Å². The topological polar surface area (TPSA) is 90.4 Å². The van der Waals surface area contributed by atoms with Crippen molar-refractivity contribution in [1.82, 2.24) is 9.97 Å². The van der Waals surface area contributed by atoms with Crippen molar-refractivity contribution in [2.75, 3.05) is 11.3 Å². The maximum atomic E-state index is 12.3. The van der Waals surface area contributed by atoms with Gasteiger partial charge < -0.3 is 9.47 Å². The summed E-state index contributed by atoms with van der Waals surface area (Å²) in [6.07, 6.45) is 1.42. The van der Waals surface area contributed by atoms with Crippen molar-refractivity contribution in [2.24, 2.45) is 0 Å². The fraction of sp³-hybridized carbons (Fsp3) is 0.231. The molecule has 0 amide bonds. The van der Waals surface area contributed by atoms with Gasteiger partial charge in [0.05, 0.1) is 6.61 Å². The van der Waals surface area contributed by atoms with Gasteiger partial charge in [-0.15, -0.1) is 0 Å². The van der Waals surface area contributed by atoms with Crippen LogP contribution in [0.2, 0.25) is 0 Å². The van der Waals surface area contributed by atoms with Gasteiger partial charge in [-0.05, 0) is 31.2 Å². The van der Waals surface area contributed by atoms with Gasteiger partial charge in [0.15, 0.2) is 0 Å². The second-order valence-corrected chi connectivity index (χ2v) is 5.96. The lowest BCUT2D eigenvalue weighted by Crippen LogP contribution is -2.29. The molecule has 0 atom stereocenters. The van der Waals surface area contributed by atoms with Crippen LogP contribution >= 0.6 is 0 Å². The van der Waals surface area contributed by atoms with E-state index >= 15 is 0 Å². The van der Waals surface area contributed by atoms with Crippen molar-refractivity contribution < 1.29 is 31.1 Å². The largest absolute Gasteiger partial charge is 0.516 e. The molecule has 0 bridgehead atoms. The highest BCUT2D eigenvalue weighted by molar-refractivity contribution is 7.93. The zero-order valence-corrected chi connectivity index (χ0v) is 13.1. The summed E-state index contributed by atoms with van der Waals surface area (Å²) in [6, 6.07) is 6.41. The number of hydrogen-bond donors (Lipinski definition) is 1. The third kappa shape index (κ3) is 4.47. The molecule has 0 saturated heterocycles. The normalized spacial score (nSPS) is 11.8. The average molecular weight is 363 g/mol. The molecular formula is C13H12F3N3O4S. The molecule has 11 heteroatoms. The molecule has 1 aromatic carbocycles. The second kappa shape index (κ2) is 6.91. The van der Waals surface area contributed by atoms with E-state index in [4.69, 9.17) is 9.47 Å². The van der Waals surface area contributed by atoms with E-state index in [0.717, 1.165) is 12.1 Å². The predicted octanol–water partition coefficient (Wildman–Crippen LogP) is 2.93. The molecule has 1 aromatic heterocycles. The van der Waals surface area contributed by atoms with Gasteiger partial charge in [-0.1, -0.05) is 0 Å². The van der Waals surface area contributed by atoms with Crippen LogP contribution < -0.4 is 14.2 Å². The van der Waals surface area contributed by atoms with Gasteiger partial charge in [-0.3, -0.25) is 4.72 Å². The molecule has 24 heavy (non-hydrogen) atoms. The smallest absolute Gasteiger partial charge is 0.464 e. The van der Waals surface area contributed by atoms with E-state index < -0.39 is 15.5 Å². The number of halogens is 3. The SMILES string of the molecule is CCOc1nccc(Oc2ccc(NS(=O)(=O)C(F)(F)F)cc2)n1. The van der Waals surface area contributed by atoms with Crippen molar-refractivity contribution in [1.29, 1.82) is 0 Å². The minimum absolute atomic E-state index is 0.115. The summed E-state index contributed by atoms with van der Waals surface area (Å²) in [5.41, 5.74) is -5.64. The Morgan fingerprint density at radius 1 is 1.17 bits per heavy atom. The van der Waals surface area contributed by atoms with Crippen LogP contribution in [0, 0.1) is 0 Å². The van der Waals surface area contributed by atoms with Gasteiger partial charge in [0.1, 0.15) is 5.75 Å². The maximum absolute atomic E-state index is 12.3. The maximum Gasteiger partial charge on any atom is 0.516 e. The third-order valence-corrected chi connectivity index (χ3v) is 3.63. The summed E-state index contributed by atoms with van der Waals surface area (Å²) >= 11 is 0. The lowest BCUT2D eigenvalue weighted by atomic mass is 10.3. The summed E-state index contributed by atoms with van der Waals surface area (Å²) in [5.74, 6) is 0.406. The molecule has 1 heterocycles. The van der Waals surface area contributed by atoms with Gasteiger partial charge >= 0.3 is 21.5 Å². The van der Waals surface area contributed by atoms with Crippen molar-refractivity contribution in [3.63, 3.8) is 0 Å². The molecule has 2 aromatic rings. The average Bonchev–Trinajstić information content (AvgIpc) is 2.49. The number of alkyl halides is 3. The Morgan fingerprint density at radius 2 is 1.83 bits per heavy atom. The molecule has 7 nitrogen and oxygen atoms in total. The second-order valence-electron chi connectivity index (χ2n) is 4.29. The van der Waals surface area contributed by atoms with Gasteiger partial charge in [0, 0.05) is 18.0 Å². The number of hydrogen-bond acceptors (Lipinski definition) is 6. The van der Waals surface area contributed by atoms with E-state index in [2.05, 4.69) is 9.97 Å². The minimum atomic E-state index is -5.46. The molecule has 0 aliphatic carbocycles. The monoisotopic (exact) mass is 363 g/mol. The molecule has 130 valence electrons. The minimum Gasteiger partial charge on any atom is -0.464 e. The summed E-state index contributed by atoms with van der Waals surface area (Å²) < 4.78 is 70.8. The van der Waals surface area contributed by atoms with Gasteiger partial charge in [-0.2, -0.15) is 26.6 Å². The Morgan fingerprint density at radius 3 is 2.42 bits per heavy atom. The van der Waals surface area contributed by atoms with Crippen LogP contribution in [-0.4, -0.2) is 30.5 Å². The number of nitrogens with one attached hydrogen (secondary N) is 1. The van der Waals surface area contributed by atoms with E-state index in [0.29, 0.717) is 6.61 Å². The zero-order chi connectivity index (χ0) is 17.8.